The van der Waals surface area contributed by atoms with Crippen LogP contribution in [-0.4, -0.2) is 29.6 Å². The van der Waals surface area contributed by atoms with E-state index >= 15 is 0 Å². The van der Waals surface area contributed by atoms with Crippen molar-refractivity contribution in [1.29, 1.82) is 0 Å². The van der Waals surface area contributed by atoms with Gasteiger partial charge in [0.2, 0.25) is 0 Å². The molecule has 0 saturated heterocycles. The summed E-state index contributed by atoms with van der Waals surface area (Å²) in [7, 11) is 0. The van der Waals surface area contributed by atoms with E-state index in [4.69, 9.17) is 0 Å². The van der Waals surface area contributed by atoms with E-state index in [1.807, 2.05) is 0 Å². The van der Waals surface area contributed by atoms with Crippen LogP contribution in [0.4, 0.5) is 0 Å². The number of halogens is 2. The van der Waals surface area contributed by atoms with Crippen molar-refractivity contribution >= 4 is 15.9 Å². The summed E-state index contributed by atoms with van der Waals surface area (Å²) in [6.07, 6.45) is 12.4. The van der Waals surface area contributed by atoms with Crippen molar-refractivity contribution in [2.75, 3.05) is 25.1 Å². The Morgan fingerprint density at radius 2 is 1.05 bits per heavy atom. The lowest BCUT2D eigenvalue weighted by Crippen LogP contribution is -3.00. The van der Waals surface area contributed by atoms with Gasteiger partial charge in [0.15, 0.2) is 0 Å². The molecule has 0 rings (SSSR count). The molecular weight excluding hydrogens is 413 g/mol. The highest BCUT2D eigenvalue weighted by atomic mass is 127. The number of hydrogen-bond acceptors (Lipinski definition) is 0. The molecule has 0 spiro atoms. The predicted octanol–water partition coefficient (Wildman–Crippen LogP) is 2.73. The van der Waals surface area contributed by atoms with Crippen LogP contribution in [0, 0.1) is 0 Å². The molecule has 0 aromatic heterocycles. The average Bonchev–Trinajstić information content (AvgIpc) is 2.40. The number of hydrogen-bond donors (Lipinski definition) is 0. The number of rotatable bonds is 13. The lowest BCUT2D eigenvalue weighted by atomic mass is 10.1. The van der Waals surface area contributed by atoms with Crippen LogP contribution in [0.25, 0.3) is 0 Å². The van der Waals surface area contributed by atoms with Gasteiger partial charge in [0.1, 0.15) is 5.45 Å². The summed E-state index contributed by atoms with van der Waals surface area (Å²) in [5.74, 6) is 0. The van der Waals surface area contributed by atoms with Gasteiger partial charge in [0, 0.05) is 0 Å². The van der Waals surface area contributed by atoms with Crippen molar-refractivity contribution in [1.82, 2.24) is 0 Å². The number of quaternary nitrogens is 1. The van der Waals surface area contributed by atoms with Gasteiger partial charge in [0.05, 0.1) is 19.6 Å². The molecule has 1 unspecified atom stereocenters. The highest BCUT2D eigenvalue weighted by molar-refractivity contribution is 9.09. The topological polar surface area (TPSA) is 0 Å². The lowest BCUT2D eigenvalue weighted by Gasteiger charge is -2.37. The largest absolute Gasteiger partial charge is 1.00 e. The maximum atomic E-state index is 3.80. The second-order valence-corrected chi connectivity index (χ2v) is 6.25. The molecule has 0 N–H and O–H groups in total. The van der Waals surface area contributed by atoms with E-state index in [1.165, 1.54) is 81.9 Å². The van der Waals surface area contributed by atoms with Gasteiger partial charge in [-0.1, -0.05) is 46.5 Å². The molecule has 0 aliphatic carbocycles. The van der Waals surface area contributed by atoms with Gasteiger partial charge in [-0.3, -0.25) is 0 Å². The molecule has 0 aromatic rings. The van der Waals surface area contributed by atoms with Crippen LogP contribution in [0.15, 0.2) is 0 Å². The first-order valence-electron chi connectivity index (χ1n) is 8.15. The van der Waals surface area contributed by atoms with Crippen LogP contribution in [-0.2, 0) is 0 Å². The second kappa shape index (κ2) is 15.6. The summed E-state index contributed by atoms with van der Waals surface area (Å²) in [5.41, 5.74) is 1.16. The highest BCUT2D eigenvalue weighted by Crippen LogP contribution is 2.17. The van der Waals surface area contributed by atoms with Gasteiger partial charge in [-0.2, -0.15) is 0 Å². The molecule has 0 aliphatic rings. The quantitative estimate of drug-likeness (QED) is 0.134. The fourth-order valence-electron chi connectivity index (χ4n) is 2.58. The Balaban J connectivity index is 0. The smallest absolute Gasteiger partial charge is 0.134 e. The SMILES string of the molecule is CCCCCC[N+](CBr)(CCCC)CCCCC.[I-]. The first-order valence-corrected chi connectivity index (χ1v) is 9.27. The van der Waals surface area contributed by atoms with Crippen LogP contribution in [0.5, 0.6) is 0 Å². The number of alkyl halides is 1. The van der Waals surface area contributed by atoms with Crippen molar-refractivity contribution in [2.24, 2.45) is 0 Å². The molecule has 1 nitrogen and oxygen atoms in total. The van der Waals surface area contributed by atoms with E-state index in [0.29, 0.717) is 0 Å². The zero-order valence-electron chi connectivity index (χ0n) is 13.4. The van der Waals surface area contributed by atoms with Crippen molar-refractivity contribution in [3.63, 3.8) is 0 Å². The molecule has 0 fully saturated rings. The summed E-state index contributed by atoms with van der Waals surface area (Å²) in [5, 5.41) is 0. The zero-order chi connectivity index (χ0) is 13.7. The third kappa shape index (κ3) is 11.5. The molecule has 0 amide bonds. The molecule has 0 radical (unpaired) electrons. The fourth-order valence-corrected chi connectivity index (χ4v) is 3.33. The third-order valence-electron chi connectivity index (χ3n) is 3.96. The van der Waals surface area contributed by atoms with E-state index in [-0.39, 0.29) is 24.0 Å². The monoisotopic (exact) mass is 447 g/mol. The van der Waals surface area contributed by atoms with E-state index in [9.17, 15) is 0 Å². The van der Waals surface area contributed by atoms with Crippen LogP contribution in [0.3, 0.4) is 0 Å². The van der Waals surface area contributed by atoms with Gasteiger partial charge in [0.25, 0.3) is 0 Å². The van der Waals surface area contributed by atoms with Crippen molar-refractivity contribution in [3.8, 4) is 0 Å². The van der Waals surface area contributed by atoms with Gasteiger partial charge >= 0.3 is 0 Å². The zero-order valence-corrected chi connectivity index (χ0v) is 17.1. The Kier molecular flexibility index (Phi) is 18.4. The lowest BCUT2D eigenvalue weighted by molar-refractivity contribution is -0.915. The Labute approximate surface area is 147 Å². The third-order valence-corrected chi connectivity index (χ3v) is 5.03. The van der Waals surface area contributed by atoms with Crippen molar-refractivity contribution in [2.45, 2.75) is 78.6 Å². The molecule has 118 valence electrons. The Morgan fingerprint density at radius 1 is 0.632 bits per heavy atom. The van der Waals surface area contributed by atoms with Gasteiger partial charge in [-0.25, -0.2) is 0 Å². The Morgan fingerprint density at radius 3 is 1.53 bits per heavy atom. The maximum Gasteiger partial charge on any atom is 0.134 e. The standard InChI is InChI=1S/C16H35BrN.HI/c1-4-7-10-12-15-18(16-17,13-9-6-3)14-11-8-5-2;/h4-16H2,1-3H3;1H/q+1;/p-1. The molecule has 3 heteroatoms. The fraction of sp³-hybridized carbons (Fsp3) is 1.00. The molecule has 0 bridgehead atoms. The van der Waals surface area contributed by atoms with Gasteiger partial charge in [-0.05, 0) is 48.0 Å². The van der Waals surface area contributed by atoms with E-state index in [0.717, 1.165) is 5.45 Å². The molecule has 0 heterocycles. The number of unbranched alkanes of at least 4 members (excludes halogenated alkanes) is 6. The highest BCUT2D eigenvalue weighted by Gasteiger charge is 2.24. The first-order chi connectivity index (χ1) is 8.74. The van der Waals surface area contributed by atoms with E-state index in [2.05, 4.69) is 36.7 Å². The van der Waals surface area contributed by atoms with Gasteiger partial charge in [-0.15, -0.1) is 0 Å². The average molecular weight is 448 g/mol. The minimum Gasteiger partial charge on any atom is -1.00 e. The molecule has 0 aromatic carbocycles. The Hall–Kier alpha value is 1.17. The molecule has 19 heavy (non-hydrogen) atoms. The van der Waals surface area contributed by atoms with E-state index in [1.54, 1.807) is 0 Å². The van der Waals surface area contributed by atoms with Crippen LogP contribution in [0.2, 0.25) is 0 Å². The van der Waals surface area contributed by atoms with E-state index < -0.39 is 0 Å². The van der Waals surface area contributed by atoms with Crippen LogP contribution >= 0.6 is 15.9 Å². The van der Waals surface area contributed by atoms with Gasteiger partial charge < -0.3 is 28.5 Å². The molecule has 1 atom stereocenters. The summed E-state index contributed by atoms with van der Waals surface area (Å²) < 4.78 is 1.32. The molecule has 0 aliphatic heterocycles. The summed E-state index contributed by atoms with van der Waals surface area (Å²) in [6.45, 7) is 11.0. The maximum absolute atomic E-state index is 3.80. The van der Waals surface area contributed by atoms with Crippen molar-refractivity contribution < 1.29 is 28.5 Å². The van der Waals surface area contributed by atoms with Crippen LogP contribution in [0.1, 0.15) is 78.6 Å². The first kappa shape index (κ1) is 22.5. The number of nitrogens with zero attached hydrogens (tertiary/aromatic N) is 1. The minimum atomic E-state index is 0. The normalized spacial score (nSPS) is 13.9. The second-order valence-electron chi connectivity index (χ2n) is 5.75. The van der Waals surface area contributed by atoms with Crippen LogP contribution < -0.4 is 24.0 Å². The predicted molar refractivity (Wildman–Crippen MR) is 87.2 cm³/mol. The summed E-state index contributed by atoms with van der Waals surface area (Å²) in [4.78, 5) is 0. The van der Waals surface area contributed by atoms with Crippen molar-refractivity contribution in [3.05, 3.63) is 0 Å². The summed E-state index contributed by atoms with van der Waals surface area (Å²) in [6, 6.07) is 0. The molecule has 0 saturated carbocycles. The minimum absolute atomic E-state index is 0. The Bertz CT molecular complexity index is 178. The molecular formula is C16H35BrIN. The summed E-state index contributed by atoms with van der Waals surface area (Å²) >= 11 is 3.80.